The maximum Gasteiger partial charge on any atom is 0.300 e. The van der Waals surface area contributed by atoms with Crippen molar-refractivity contribution in [2.45, 2.75) is 26.8 Å². The van der Waals surface area contributed by atoms with Crippen molar-refractivity contribution >= 4 is 34.7 Å². The Morgan fingerprint density at radius 1 is 0.949 bits per heavy atom. The van der Waals surface area contributed by atoms with Gasteiger partial charge in [0, 0.05) is 29.9 Å². The second kappa shape index (κ2) is 11.7. The van der Waals surface area contributed by atoms with Crippen molar-refractivity contribution in [2.24, 2.45) is 0 Å². The first-order valence-electron chi connectivity index (χ1n) is 12.5. The molecule has 39 heavy (non-hydrogen) atoms. The van der Waals surface area contributed by atoms with E-state index in [9.17, 15) is 19.5 Å². The van der Waals surface area contributed by atoms with Crippen LogP contribution in [0.4, 0.5) is 11.4 Å². The van der Waals surface area contributed by atoms with Crippen LogP contribution in [0.1, 0.15) is 37.9 Å². The van der Waals surface area contributed by atoms with E-state index >= 15 is 0 Å². The van der Waals surface area contributed by atoms with Crippen molar-refractivity contribution in [2.75, 3.05) is 30.5 Å². The summed E-state index contributed by atoms with van der Waals surface area (Å²) in [6, 6.07) is 17.4. The monoisotopic (exact) mass is 530 g/mol. The molecule has 1 aliphatic rings. The maximum atomic E-state index is 13.6. The largest absolute Gasteiger partial charge is 0.507 e. The number of hydrogen-bond acceptors (Lipinski definition) is 7. The lowest BCUT2D eigenvalue weighted by atomic mass is 9.94. The van der Waals surface area contributed by atoms with E-state index in [2.05, 4.69) is 5.32 Å². The summed E-state index contributed by atoms with van der Waals surface area (Å²) in [7, 11) is 1.49. The molecule has 4 rings (SSSR count). The topological polar surface area (TPSA) is 114 Å². The van der Waals surface area contributed by atoms with Crippen LogP contribution in [0, 0.1) is 0 Å². The number of amides is 2. The predicted molar refractivity (Wildman–Crippen MR) is 147 cm³/mol. The zero-order valence-electron chi connectivity index (χ0n) is 22.2. The third-order valence-electron chi connectivity index (χ3n) is 6.16. The molecule has 2 N–H and O–H groups in total. The lowest BCUT2D eigenvalue weighted by Gasteiger charge is -2.27. The molecular weight excluding hydrogens is 500 g/mol. The van der Waals surface area contributed by atoms with E-state index in [0.717, 1.165) is 0 Å². The first-order chi connectivity index (χ1) is 18.8. The molecule has 3 aromatic carbocycles. The van der Waals surface area contributed by atoms with Gasteiger partial charge in [0.15, 0.2) is 0 Å². The van der Waals surface area contributed by atoms with Crippen LogP contribution in [0.5, 0.6) is 17.2 Å². The Balaban J connectivity index is 1.93. The third kappa shape index (κ3) is 5.43. The molecule has 9 heteroatoms. The molecule has 1 aliphatic heterocycles. The average molecular weight is 531 g/mol. The van der Waals surface area contributed by atoms with Gasteiger partial charge in [-0.15, -0.1) is 0 Å². The predicted octanol–water partition coefficient (Wildman–Crippen LogP) is 5.08. The highest BCUT2D eigenvalue weighted by Crippen LogP contribution is 2.46. The lowest BCUT2D eigenvalue weighted by molar-refractivity contribution is -0.132. The Kier molecular flexibility index (Phi) is 8.19. The van der Waals surface area contributed by atoms with Gasteiger partial charge in [0.05, 0.1) is 37.5 Å². The number of carbonyl (C=O) groups is 3. The van der Waals surface area contributed by atoms with Gasteiger partial charge in [0.2, 0.25) is 5.91 Å². The quantitative estimate of drug-likeness (QED) is 0.225. The van der Waals surface area contributed by atoms with Gasteiger partial charge in [-0.1, -0.05) is 18.2 Å². The maximum absolute atomic E-state index is 13.6. The molecule has 0 spiro atoms. The number of ketones is 1. The van der Waals surface area contributed by atoms with E-state index in [0.29, 0.717) is 47.4 Å². The molecule has 0 bridgehead atoms. The Labute approximate surface area is 226 Å². The smallest absolute Gasteiger partial charge is 0.300 e. The highest BCUT2D eigenvalue weighted by molar-refractivity contribution is 6.51. The van der Waals surface area contributed by atoms with Crippen LogP contribution < -0.4 is 24.4 Å². The summed E-state index contributed by atoms with van der Waals surface area (Å²) in [6.07, 6.45) is 0. The van der Waals surface area contributed by atoms with E-state index in [4.69, 9.17) is 14.2 Å². The second-order valence-corrected chi connectivity index (χ2v) is 8.66. The molecule has 0 saturated carbocycles. The summed E-state index contributed by atoms with van der Waals surface area (Å²) in [5.41, 5.74) is 1.58. The minimum atomic E-state index is -1.01. The highest BCUT2D eigenvalue weighted by atomic mass is 16.5. The molecule has 1 fully saturated rings. The molecule has 1 atom stereocenters. The summed E-state index contributed by atoms with van der Waals surface area (Å²) >= 11 is 0. The molecule has 0 radical (unpaired) electrons. The van der Waals surface area contributed by atoms with Crippen molar-refractivity contribution in [1.29, 1.82) is 0 Å². The van der Waals surface area contributed by atoms with Crippen LogP contribution >= 0.6 is 0 Å². The molecule has 0 aromatic heterocycles. The van der Waals surface area contributed by atoms with Crippen molar-refractivity contribution < 1.29 is 33.7 Å². The number of aliphatic hydroxyl groups excluding tert-OH is 1. The minimum absolute atomic E-state index is 0.111. The van der Waals surface area contributed by atoms with Gasteiger partial charge in [0.25, 0.3) is 11.7 Å². The molecule has 3 aromatic rings. The number of Topliss-reactive ketones (excluding diaryl/α,β-unsaturated/α-hetero) is 1. The molecule has 1 unspecified atom stereocenters. The van der Waals surface area contributed by atoms with Gasteiger partial charge in [-0.25, -0.2) is 0 Å². The van der Waals surface area contributed by atoms with Crippen LogP contribution in [0.3, 0.4) is 0 Å². The van der Waals surface area contributed by atoms with E-state index in [1.165, 1.54) is 18.9 Å². The highest BCUT2D eigenvalue weighted by Gasteiger charge is 2.48. The van der Waals surface area contributed by atoms with Gasteiger partial charge in [0.1, 0.15) is 23.0 Å². The van der Waals surface area contributed by atoms with E-state index in [1.807, 2.05) is 6.92 Å². The third-order valence-corrected chi connectivity index (χ3v) is 6.16. The number of para-hydroxylation sites is 1. The number of carbonyl (C=O) groups excluding carboxylic acids is 3. The molecule has 9 nitrogen and oxygen atoms in total. The zero-order valence-corrected chi connectivity index (χ0v) is 22.2. The average Bonchev–Trinajstić information content (AvgIpc) is 3.19. The Morgan fingerprint density at radius 3 is 2.28 bits per heavy atom. The van der Waals surface area contributed by atoms with E-state index < -0.39 is 17.7 Å². The zero-order chi connectivity index (χ0) is 28.1. The summed E-state index contributed by atoms with van der Waals surface area (Å²) < 4.78 is 16.9. The van der Waals surface area contributed by atoms with Gasteiger partial charge in [-0.3, -0.25) is 19.3 Å². The number of ether oxygens (including phenoxy) is 3. The van der Waals surface area contributed by atoms with Crippen molar-refractivity contribution in [3.63, 3.8) is 0 Å². The SMILES string of the molecule is CCOc1ccc(/C(O)=C2\C(=O)C(=O)N(c3ccc(NC(C)=O)cc3)C2c2ccccc2OC)c(OCC)c1. The normalized spacial score (nSPS) is 16.2. The number of nitrogens with one attached hydrogen (secondary N) is 1. The standard InChI is InChI=1S/C30H30N2O7/c1-5-38-21-15-16-23(25(17-21)39-6-2)28(34)26-27(22-9-7-8-10-24(22)37-4)32(30(36)29(26)35)20-13-11-19(12-14-20)31-18(3)33/h7-17,27,34H,5-6H2,1-4H3,(H,31,33)/b28-26+. The van der Waals surface area contributed by atoms with Gasteiger partial charge in [-0.05, 0) is 56.3 Å². The van der Waals surface area contributed by atoms with Crippen molar-refractivity contribution in [1.82, 2.24) is 0 Å². The van der Waals surface area contributed by atoms with Gasteiger partial charge >= 0.3 is 0 Å². The Morgan fingerprint density at radius 2 is 1.64 bits per heavy atom. The summed E-state index contributed by atoms with van der Waals surface area (Å²) in [5.74, 6) is -1.00. The summed E-state index contributed by atoms with van der Waals surface area (Å²) in [4.78, 5) is 39.9. The van der Waals surface area contributed by atoms with Gasteiger partial charge < -0.3 is 24.6 Å². The van der Waals surface area contributed by atoms with Crippen molar-refractivity contribution in [3.05, 3.63) is 83.4 Å². The first-order valence-corrected chi connectivity index (χ1v) is 12.5. The Bertz CT molecular complexity index is 1430. The molecule has 2 amide bonds. The lowest BCUT2D eigenvalue weighted by Crippen LogP contribution is -2.29. The number of rotatable bonds is 9. The van der Waals surface area contributed by atoms with Crippen LogP contribution in [0.2, 0.25) is 0 Å². The minimum Gasteiger partial charge on any atom is -0.507 e. The molecule has 202 valence electrons. The fourth-order valence-electron chi connectivity index (χ4n) is 4.57. The Hall–Kier alpha value is -4.79. The fourth-order valence-corrected chi connectivity index (χ4v) is 4.57. The fraction of sp³-hybridized carbons (Fsp3) is 0.233. The van der Waals surface area contributed by atoms with E-state index in [-0.39, 0.29) is 22.8 Å². The van der Waals surface area contributed by atoms with Crippen LogP contribution in [-0.2, 0) is 14.4 Å². The molecule has 0 aliphatic carbocycles. The number of anilines is 2. The molecular formula is C30H30N2O7. The summed E-state index contributed by atoms with van der Waals surface area (Å²) in [5, 5.41) is 14.3. The number of aliphatic hydroxyl groups is 1. The number of hydrogen-bond donors (Lipinski definition) is 2. The first kappa shape index (κ1) is 27.3. The molecule has 1 heterocycles. The van der Waals surface area contributed by atoms with Crippen LogP contribution in [0.25, 0.3) is 5.76 Å². The summed E-state index contributed by atoms with van der Waals surface area (Å²) in [6.45, 7) is 5.80. The number of nitrogens with zero attached hydrogens (tertiary/aromatic N) is 1. The molecule has 1 saturated heterocycles. The van der Waals surface area contributed by atoms with Crippen LogP contribution in [-0.4, -0.2) is 43.0 Å². The van der Waals surface area contributed by atoms with Crippen molar-refractivity contribution in [3.8, 4) is 17.2 Å². The second-order valence-electron chi connectivity index (χ2n) is 8.66. The van der Waals surface area contributed by atoms with Crippen LogP contribution in [0.15, 0.2) is 72.3 Å². The van der Waals surface area contributed by atoms with E-state index in [1.54, 1.807) is 73.7 Å². The van der Waals surface area contributed by atoms with Gasteiger partial charge in [-0.2, -0.15) is 0 Å². The number of benzene rings is 3. The number of methoxy groups -OCH3 is 1.